The SMILES string of the molecule is COc1ccc(S(=O)(=O)NCCN2C[C@H](C(=O)O)CC2=O)cc1. The Balaban J connectivity index is 1.90. The number of aliphatic carboxylic acids is 1. The van der Waals surface area contributed by atoms with Crippen LogP contribution >= 0.6 is 0 Å². The largest absolute Gasteiger partial charge is 0.497 e. The van der Waals surface area contributed by atoms with Gasteiger partial charge in [-0.05, 0) is 24.3 Å². The van der Waals surface area contributed by atoms with Crippen molar-refractivity contribution in [1.82, 2.24) is 9.62 Å². The molecule has 0 saturated carbocycles. The third-order valence-electron chi connectivity index (χ3n) is 3.61. The van der Waals surface area contributed by atoms with Gasteiger partial charge in [-0.3, -0.25) is 9.59 Å². The molecule has 0 spiro atoms. The number of methoxy groups -OCH3 is 1. The Morgan fingerprint density at radius 1 is 1.39 bits per heavy atom. The lowest BCUT2D eigenvalue weighted by Gasteiger charge is -2.16. The number of hydrogen-bond donors (Lipinski definition) is 2. The van der Waals surface area contributed by atoms with E-state index in [-0.39, 0.29) is 36.9 Å². The number of amides is 1. The van der Waals surface area contributed by atoms with E-state index in [1.165, 1.54) is 36.3 Å². The normalized spacial score (nSPS) is 18.2. The monoisotopic (exact) mass is 342 g/mol. The van der Waals surface area contributed by atoms with Gasteiger partial charge in [-0.25, -0.2) is 13.1 Å². The van der Waals surface area contributed by atoms with Gasteiger partial charge >= 0.3 is 5.97 Å². The number of carboxylic acids is 1. The molecule has 9 heteroatoms. The molecule has 1 fully saturated rings. The maximum absolute atomic E-state index is 12.1. The molecule has 0 radical (unpaired) electrons. The van der Waals surface area contributed by atoms with Crippen LogP contribution in [0.5, 0.6) is 5.75 Å². The first-order valence-corrected chi connectivity index (χ1v) is 8.46. The summed E-state index contributed by atoms with van der Waals surface area (Å²) in [6, 6.07) is 5.91. The van der Waals surface area contributed by atoms with Gasteiger partial charge in [-0.1, -0.05) is 0 Å². The van der Waals surface area contributed by atoms with E-state index in [0.717, 1.165) is 0 Å². The van der Waals surface area contributed by atoms with Crippen molar-refractivity contribution in [2.75, 3.05) is 26.7 Å². The van der Waals surface area contributed by atoms with E-state index in [4.69, 9.17) is 9.84 Å². The molecule has 0 bridgehead atoms. The average Bonchev–Trinajstić information content (AvgIpc) is 2.89. The van der Waals surface area contributed by atoms with Crippen LogP contribution in [-0.2, 0) is 19.6 Å². The smallest absolute Gasteiger partial charge is 0.308 e. The van der Waals surface area contributed by atoms with Gasteiger partial charge in [0.25, 0.3) is 0 Å². The van der Waals surface area contributed by atoms with Crippen molar-refractivity contribution >= 4 is 21.9 Å². The van der Waals surface area contributed by atoms with E-state index in [9.17, 15) is 18.0 Å². The highest BCUT2D eigenvalue weighted by Crippen LogP contribution is 2.18. The summed E-state index contributed by atoms with van der Waals surface area (Å²) in [7, 11) is -2.20. The van der Waals surface area contributed by atoms with Crippen molar-refractivity contribution in [2.45, 2.75) is 11.3 Å². The average molecular weight is 342 g/mol. The minimum absolute atomic E-state index is 0.0203. The lowest BCUT2D eigenvalue weighted by atomic mass is 10.1. The Labute approximate surface area is 134 Å². The Morgan fingerprint density at radius 3 is 2.57 bits per heavy atom. The molecule has 1 saturated heterocycles. The number of benzene rings is 1. The Hall–Kier alpha value is -2.13. The highest BCUT2D eigenvalue weighted by Gasteiger charge is 2.33. The molecule has 1 amide bonds. The molecule has 1 atom stereocenters. The number of nitrogens with zero attached hydrogens (tertiary/aromatic N) is 1. The number of rotatable bonds is 7. The summed E-state index contributed by atoms with van der Waals surface area (Å²) < 4.78 is 31.6. The van der Waals surface area contributed by atoms with Crippen LogP contribution in [0.2, 0.25) is 0 Å². The van der Waals surface area contributed by atoms with E-state index >= 15 is 0 Å². The van der Waals surface area contributed by atoms with Crippen LogP contribution in [-0.4, -0.2) is 57.0 Å². The summed E-state index contributed by atoms with van der Waals surface area (Å²) in [5.74, 6) is -1.47. The highest BCUT2D eigenvalue weighted by molar-refractivity contribution is 7.89. The second-order valence-corrected chi connectivity index (χ2v) is 6.92. The molecular formula is C14H18N2O6S. The Morgan fingerprint density at radius 2 is 2.04 bits per heavy atom. The summed E-state index contributed by atoms with van der Waals surface area (Å²) in [6.07, 6.45) is -0.0411. The lowest BCUT2D eigenvalue weighted by molar-refractivity contribution is -0.141. The molecule has 126 valence electrons. The summed E-state index contributed by atoms with van der Waals surface area (Å²) in [4.78, 5) is 24.0. The van der Waals surface area contributed by atoms with Gasteiger partial charge in [0.15, 0.2) is 0 Å². The molecule has 1 aromatic carbocycles. The van der Waals surface area contributed by atoms with E-state index in [2.05, 4.69) is 4.72 Å². The lowest BCUT2D eigenvalue weighted by Crippen LogP contribution is -2.36. The van der Waals surface area contributed by atoms with Crippen molar-refractivity contribution < 1.29 is 27.9 Å². The Kier molecular flexibility index (Phi) is 5.22. The maximum atomic E-state index is 12.1. The number of carbonyl (C=O) groups is 2. The standard InChI is InChI=1S/C14H18N2O6S/c1-22-11-2-4-12(5-3-11)23(20,21)15-6-7-16-9-10(14(18)19)8-13(16)17/h2-5,10,15H,6-9H2,1H3,(H,18,19)/t10-/m1/s1. The highest BCUT2D eigenvalue weighted by atomic mass is 32.2. The van der Waals surface area contributed by atoms with E-state index in [0.29, 0.717) is 5.75 Å². The van der Waals surface area contributed by atoms with Crippen molar-refractivity contribution in [2.24, 2.45) is 5.92 Å². The number of hydrogen-bond acceptors (Lipinski definition) is 5. The summed E-state index contributed by atoms with van der Waals surface area (Å²) in [5, 5.41) is 8.89. The molecular weight excluding hydrogens is 324 g/mol. The van der Waals surface area contributed by atoms with Gasteiger partial charge in [-0.15, -0.1) is 0 Å². The van der Waals surface area contributed by atoms with Crippen molar-refractivity contribution in [3.8, 4) is 5.75 Å². The molecule has 0 unspecified atom stereocenters. The number of carbonyl (C=O) groups excluding carboxylic acids is 1. The molecule has 23 heavy (non-hydrogen) atoms. The summed E-state index contributed by atoms with van der Waals surface area (Å²) >= 11 is 0. The third-order valence-corrected chi connectivity index (χ3v) is 5.08. The fraction of sp³-hybridized carbons (Fsp3) is 0.429. The Bertz CT molecular complexity index is 686. The number of likely N-dealkylation sites (tertiary alicyclic amines) is 1. The topological polar surface area (TPSA) is 113 Å². The first kappa shape index (κ1) is 17.2. The van der Waals surface area contributed by atoms with Crippen LogP contribution in [0, 0.1) is 5.92 Å². The maximum Gasteiger partial charge on any atom is 0.308 e. The molecule has 2 N–H and O–H groups in total. The van der Waals surface area contributed by atoms with E-state index < -0.39 is 21.9 Å². The fourth-order valence-electron chi connectivity index (χ4n) is 2.31. The molecule has 2 rings (SSSR count). The molecule has 8 nitrogen and oxygen atoms in total. The van der Waals surface area contributed by atoms with Crippen molar-refractivity contribution in [3.05, 3.63) is 24.3 Å². The molecule has 1 heterocycles. The van der Waals surface area contributed by atoms with Crippen LogP contribution in [0.1, 0.15) is 6.42 Å². The number of ether oxygens (including phenoxy) is 1. The quantitative estimate of drug-likeness (QED) is 0.716. The van der Waals surface area contributed by atoms with Crippen molar-refractivity contribution in [1.29, 1.82) is 0 Å². The zero-order valence-electron chi connectivity index (χ0n) is 12.6. The van der Waals surface area contributed by atoms with Crippen molar-refractivity contribution in [3.63, 3.8) is 0 Å². The minimum Gasteiger partial charge on any atom is -0.497 e. The predicted molar refractivity (Wildman–Crippen MR) is 80.5 cm³/mol. The fourth-order valence-corrected chi connectivity index (χ4v) is 3.33. The van der Waals surface area contributed by atoms with Gasteiger partial charge in [0.2, 0.25) is 15.9 Å². The van der Waals surface area contributed by atoms with E-state index in [1.807, 2.05) is 0 Å². The van der Waals surface area contributed by atoms with Gasteiger partial charge in [0, 0.05) is 26.1 Å². The van der Waals surface area contributed by atoms with Crippen LogP contribution in [0.3, 0.4) is 0 Å². The first-order chi connectivity index (χ1) is 10.8. The van der Waals surface area contributed by atoms with Gasteiger partial charge in [0.05, 0.1) is 17.9 Å². The van der Waals surface area contributed by atoms with Gasteiger partial charge in [-0.2, -0.15) is 0 Å². The van der Waals surface area contributed by atoms with Crippen LogP contribution < -0.4 is 9.46 Å². The number of carboxylic acid groups (broad SMARTS) is 1. The molecule has 1 aliphatic rings. The van der Waals surface area contributed by atoms with Gasteiger partial charge < -0.3 is 14.7 Å². The third kappa shape index (κ3) is 4.20. The first-order valence-electron chi connectivity index (χ1n) is 6.98. The second-order valence-electron chi connectivity index (χ2n) is 5.15. The number of nitrogens with one attached hydrogen (secondary N) is 1. The van der Waals surface area contributed by atoms with Crippen LogP contribution in [0.25, 0.3) is 0 Å². The zero-order valence-corrected chi connectivity index (χ0v) is 13.4. The van der Waals surface area contributed by atoms with Crippen LogP contribution in [0.15, 0.2) is 29.2 Å². The molecule has 1 aliphatic heterocycles. The van der Waals surface area contributed by atoms with Gasteiger partial charge in [0.1, 0.15) is 5.75 Å². The second kappa shape index (κ2) is 6.97. The number of sulfonamides is 1. The summed E-state index contributed by atoms with van der Waals surface area (Å²) in [6.45, 7) is 0.267. The minimum atomic E-state index is -3.68. The molecule has 0 aliphatic carbocycles. The zero-order chi connectivity index (χ0) is 17.0. The molecule has 0 aromatic heterocycles. The predicted octanol–water partition coefficient (Wildman–Crippen LogP) is -0.0934. The summed E-state index contributed by atoms with van der Waals surface area (Å²) in [5.41, 5.74) is 0. The van der Waals surface area contributed by atoms with E-state index in [1.54, 1.807) is 0 Å². The molecule has 1 aromatic rings. The van der Waals surface area contributed by atoms with Crippen LogP contribution in [0.4, 0.5) is 0 Å².